The molecular formula is C11H20N4OS. The Hall–Kier alpha value is -0.910. The first-order chi connectivity index (χ1) is 7.62. The third kappa shape index (κ3) is 3.80. The maximum Gasteiger partial charge on any atom is 0.210 e. The number of Topliss-reactive ketones (excluding diaryl/α,β-unsaturated/α-hetero) is 1. The van der Waals surface area contributed by atoms with Crippen LogP contribution in [0.25, 0.3) is 0 Å². The molecule has 1 rings (SSSR count). The van der Waals surface area contributed by atoms with Crippen molar-refractivity contribution in [2.24, 2.45) is 5.41 Å². The maximum atomic E-state index is 11.8. The SMILES string of the molecule is CC(C)(C)C(=O)CSc1nnnn1C(C)(C)C. The van der Waals surface area contributed by atoms with Gasteiger partial charge in [-0.05, 0) is 31.2 Å². The van der Waals surface area contributed by atoms with E-state index in [2.05, 4.69) is 15.5 Å². The Labute approximate surface area is 106 Å². The van der Waals surface area contributed by atoms with Gasteiger partial charge < -0.3 is 0 Å². The van der Waals surface area contributed by atoms with Crippen LogP contribution in [0.5, 0.6) is 0 Å². The highest BCUT2D eigenvalue weighted by Gasteiger charge is 2.24. The minimum absolute atomic E-state index is 0.170. The molecule has 0 aromatic carbocycles. The molecule has 0 aliphatic carbocycles. The third-order valence-corrected chi connectivity index (χ3v) is 3.16. The molecule has 0 radical (unpaired) electrons. The summed E-state index contributed by atoms with van der Waals surface area (Å²) >= 11 is 1.39. The summed E-state index contributed by atoms with van der Waals surface area (Å²) in [6.07, 6.45) is 0. The van der Waals surface area contributed by atoms with Crippen LogP contribution < -0.4 is 0 Å². The lowest BCUT2D eigenvalue weighted by atomic mass is 9.92. The summed E-state index contributed by atoms with van der Waals surface area (Å²) < 4.78 is 1.74. The number of hydrogen-bond donors (Lipinski definition) is 0. The van der Waals surface area contributed by atoms with Crippen molar-refractivity contribution in [3.8, 4) is 0 Å². The predicted octanol–water partition coefficient (Wildman–Crippen LogP) is 2.14. The van der Waals surface area contributed by atoms with Gasteiger partial charge in [0.25, 0.3) is 0 Å². The molecule has 0 aliphatic heterocycles. The minimum atomic E-state index is -0.312. The molecule has 6 heteroatoms. The van der Waals surface area contributed by atoms with Crippen LogP contribution in [0.3, 0.4) is 0 Å². The lowest BCUT2D eigenvalue weighted by Gasteiger charge is -2.20. The normalized spacial score (nSPS) is 12.8. The molecule has 0 fully saturated rings. The van der Waals surface area contributed by atoms with E-state index in [0.717, 1.165) is 0 Å². The Balaban J connectivity index is 2.72. The zero-order valence-electron chi connectivity index (χ0n) is 11.3. The first kappa shape index (κ1) is 14.2. The van der Waals surface area contributed by atoms with Gasteiger partial charge in [0.05, 0.1) is 11.3 Å². The van der Waals surface area contributed by atoms with Crippen LogP contribution in [-0.4, -0.2) is 31.7 Å². The minimum Gasteiger partial charge on any atom is -0.298 e. The smallest absolute Gasteiger partial charge is 0.210 e. The standard InChI is InChI=1S/C11H20N4OS/c1-10(2,3)8(16)7-17-9-12-13-14-15(9)11(4,5)6/h7H2,1-6H3. The van der Waals surface area contributed by atoms with Crippen molar-refractivity contribution in [2.45, 2.75) is 52.2 Å². The summed E-state index contributed by atoms with van der Waals surface area (Å²) in [4.78, 5) is 11.8. The molecule has 0 atom stereocenters. The number of carbonyl (C=O) groups is 1. The molecule has 0 spiro atoms. The monoisotopic (exact) mass is 256 g/mol. The molecule has 0 amide bonds. The lowest BCUT2D eigenvalue weighted by Crippen LogP contribution is -2.25. The quantitative estimate of drug-likeness (QED) is 0.775. The Morgan fingerprint density at radius 3 is 2.29 bits per heavy atom. The summed E-state index contributed by atoms with van der Waals surface area (Å²) in [5.74, 6) is 0.603. The highest BCUT2D eigenvalue weighted by molar-refractivity contribution is 7.99. The second kappa shape index (κ2) is 4.76. The summed E-state index contributed by atoms with van der Waals surface area (Å²) in [5, 5.41) is 12.2. The van der Waals surface area contributed by atoms with Crippen LogP contribution in [0.2, 0.25) is 0 Å². The van der Waals surface area contributed by atoms with E-state index in [9.17, 15) is 4.79 Å². The summed E-state index contributed by atoms with van der Waals surface area (Å²) in [5.41, 5.74) is -0.483. The van der Waals surface area contributed by atoms with Crippen molar-refractivity contribution in [1.29, 1.82) is 0 Å². The van der Waals surface area contributed by atoms with Gasteiger partial charge in [-0.3, -0.25) is 4.79 Å². The molecule has 1 aromatic heterocycles. The molecule has 96 valence electrons. The van der Waals surface area contributed by atoms with Crippen LogP contribution in [-0.2, 0) is 10.3 Å². The van der Waals surface area contributed by atoms with Crippen LogP contribution in [0.4, 0.5) is 0 Å². The van der Waals surface area contributed by atoms with Gasteiger partial charge in [0.15, 0.2) is 0 Å². The Morgan fingerprint density at radius 1 is 1.24 bits per heavy atom. The van der Waals surface area contributed by atoms with Gasteiger partial charge in [0.1, 0.15) is 5.78 Å². The summed E-state index contributed by atoms with van der Waals surface area (Å²) in [7, 11) is 0. The van der Waals surface area contributed by atoms with Gasteiger partial charge in [-0.1, -0.05) is 32.5 Å². The number of tetrazole rings is 1. The molecular weight excluding hydrogens is 236 g/mol. The average Bonchev–Trinajstić information content (AvgIpc) is 2.59. The van der Waals surface area contributed by atoms with Crippen molar-refractivity contribution in [3.63, 3.8) is 0 Å². The molecule has 0 N–H and O–H groups in total. The number of aromatic nitrogens is 4. The second-order valence-corrected chi connectivity index (χ2v) is 6.95. The van der Waals surface area contributed by atoms with Crippen LogP contribution >= 0.6 is 11.8 Å². The van der Waals surface area contributed by atoms with Gasteiger partial charge in [0, 0.05) is 5.41 Å². The van der Waals surface area contributed by atoms with Gasteiger partial charge in [-0.15, -0.1) is 5.10 Å². The largest absolute Gasteiger partial charge is 0.298 e. The highest BCUT2D eigenvalue weighted by atomic mass is 32.2. The molecule has 1 heterocycles. The summed E-state index contributed by atoms with van der Waals surface area (Å²) in [6.45, 7) is 11.8. The van der Waals surface area contributed by atoms with Crippen LogP contribution in [0.1, 0.15) is 41.5 Å². The molecule has 1 aromatic rings. The zero-order chi connectivity index (χ0) is 13.3. The number of nitrogens with zero attached hydrogens (tertiary/aromatic N) is 4. The Morgan fingerprint density at radius 2 is 1.82 bits per heavy atom. The fourth-order valence-electron chi connectivity index (χ4n) is 1.04. The van der Waals surface area contributed by atoms with E-state index in [4.69, 9.17) is 0 Å². The first-order valence-electron chi connectivity index (χ1n) is 5.57. The molecule has 0 aliphatic rings. The van der Waals surface area contributed by atoms with E-state index < -0.39 is 0 Å². The fourth-order valence-corrected chi connectivity index (χ4v) is 2.26. The van der Waals surface area contributed by atoms with Crippen molar-refractivity contribution in [1.82, 2.24) is 20.2 Å². The van der Waals surface area contributed by atoms with Crippen molar-refractivity contribution >= 4 is 17.5 Å². The van der Waals surface area contributed by atoms with Crippen LogP contribution in [0, 0.1) is 5.41 Å². The fraction of sp³-hybridized carbons (Fsp3) is 0.818. The lowest BCUT2D eigenvalue weighted by molar-refractivity contribution is -0.123. The van der Waals surface area contributed by atoms with E-state index in [1.165, 1.54) is 11.8 Å². The van der Waals surface area contributed by atoms with Crippen molar-refractivity contribution in [3.05, 3.63) is 0 Å². The molecule has 0 bridgehead atoms. The van der Waals surface area contributed by atoms with Crippen LogP contribution in [0.15, 0.2) is 5.16 Å². The third-order valence-electron chi connectivity index (χ3n) is 2.25. The van der Waals surface area contributed by atoms with E-state index in [1.54, 1.807) is 4.68 Å². The summed E-state index contributed by atoms with van der Waals surface area (Å²) in [6, 6.07) is 0. The van der Waals surface area contributed by atoms with Crippen molar-refractivity contribution in [2.75, 3.05) is 5.75 Å². The number of ketones is 1. The topological polar surface area (TPSA) is 60.7 Å². The van der Waals surface area contributed by atoms with Crippen molar-refractivity contribution < 1.29 is 4.79 Å². The van der Waals surface area contributed by atoms with Gasteiger partial charge in [-0.2, -0.15) is 0 Å². The van der Waals surface area contributed by atoms with Gasteiger partial charge in [-0.25, -0.2) is 4.68 Å². The molecule has 0 unspecified atom stereocenters. The van der Waals surface area contributed by atoms with E-state index in [0.29, 0.717) is 10.9 Å². The van der Waals surface area contributed by atoms with Gasteiger partial charge >= 0.3 is 0 Å². The molecule has 0 saturated heterocycles. The maximum absolute atomic E-state index is 11.8. The molecule has 17 heavy (non-hydrogen) atoms. The predicted molar refractivity (Wildman–Crippen MR) is 68.0 cm³/mol. The Bertz CT molecular complexity index is 400. The highest BCUT2D eigenvalue weighted by Crippen LogP contribution is 2.24. The number of hydrogen-bond acceptors (Lipinski definition) is 5. The number of rotatable bonds is 3. The van der Waals surface area contributed by atoms with E-state index in [1.807, 2.05) is 41.5 Å². The number of thioether (sulfide) groups is 1. The van der Waals surface area contributed by atoms with Gasteiger partial charge in [0.2, 0.25) is 5.16 Å². The average molecular weight is 256 g/mol. The van der Waals surface area contributed by atoms with E-state index in [-0.39, 0.29) is 16.7 Å². The number of carbonyl (C=O) groups excluding carboxylic acids is 1. The Kier molecular flexibility index (Phi) is 3.96. The molecule has 0 saturated carbocycles. The second-order valence-electron chi connectivity index (χ2n) is 6.01. The first-order valence-corrected chi connectivity index (χ1v) is 6.56. The molecule has 5 nitrogen and oxygen atoms in total. The van der Waals surface area contributed by atoms with E-state index >= 15 is 0 Å². The zero-order valence-corrected chi connectivity index (χ0v) is 12.1.